The van der Waals surface area contributed by atoms with E-state index in [1.165, 1.54) is 17.8 Å². The molecule has 0 bridgehead atoms. The highest BCUT2D eigenvalue weighted by molar-refractivity contribution is 7.99. The summed E-state index contributed by atoms with van der Waals surface area (Å²) in [6, 6.07) is 10.5. The van der Waals surface area contributed by atoms with Crippen molar-refractivity contribution in [2.24, 2.45) is 5.73 Å². The van der Waals surface area contributed by atoms with Crippen LogP contribution in [-0.2, 0) is 6.54 Å². The topological polar surface area (TPSA) is 63.9 Å². The molecular formula is C15H14FN3OS. The summed E-state index contributed by atoms with van der Waals surface area (Å²) >= 11 is 1.24. The summed E-state index contributed by atoms with van der Waals surface area (Å²) in [4.78, 5) is 8.11. The first-order chi connectivity index (χ1) is 10.2. The molecule has 1 aromatic heterocycles. The van der Waals surface area contributed by atoms with Crippen molar-refractivity contribution in [2.75, 3.05) is 7.11 Å². The normalized spacial score (nSPS) is 11.0. The van der Waals surface area contributed by atoms with E-state index in [0.29, 0.717) is 10.1 Å². The molecule has 0 aliphatic rings. The molecule has 1 heterocycles. The van der Waals surface area contributed by atoms with Gasteiger partial charge in [-0.15, -0.1) is 0 Å². The Morgan fingerprint density at radius 1 is 1.33 bits per heavy atom. The lowest BCUT2D eigenvalue weighted by molar-refractivity contribution is 0.415. The molecule has 3 rings (SSSR count). The van der Waals surface area contributed by atoms with E-state index in [0.717, 1.165) is 22.3 Å². The van der Waals surface area contributed by atoms with Gasteiger partial charge in [0, 0.05) is 12.6 Å². The number of rotatable bonds is 4. The first kappa shape index (κ1) is 13.9. The van der Waals surface area contributed by atoms with Gasteiger partial charge in [0.1, 0.15) is 11.6 Å². The number of hydrogen-bond acceptors (Lipinski definition) is 4. The number of nitrogens with two attached hydrogens (primary N) is 1. The van der Waals surface area contributed by atoms with Crippen molar-refractivity contribution in [3.05, 3.63) is 47.8 Å². The maximum atomic E-state index is 14.0. The summed E-state index contributed by atoms with van der Waals surface area (Å²) < 4.78 is 19.1. The summed E-state index contributed by atoms with van der Waals surface area (Å²) in [7, 11) is 1.61. The van der Waals surface area contributed by atoms with Gasteiger partial charge in [0.25, 0.3) is 0 Å². The number of hydrogen-bond donors (Lipinski definition) is 2. The van der Waals surface area contributed by atoms with Crippen LogP contribution in [0.4, 0.5) is 4.39 Å². The van der Waals surface area contributed by atoms with Crippen LogP contribution in [0.2, 0.25) is 0 Å². The van der Waals surface area contributed by atoms with Gasteiger partial charge in [-0.2, -0.15) is 0 Å². The van der Waals surface area contributed by atoms with Crippen LogP contribution in [0.15, 0.2) is 46.5 Å². The third-order valence-corrected chi connectivity index (χ3v) is 4.18. The number of nitrogens with one attached hydrogen (secondary N) is 1. The van der Waals surface area contributed by atoms with Crippen molar-refractivity contribution in [3.63, 3.8) is 0 Å². The van der Waals surface area contributed by atoms with E-state index < -0.39 is 0 Å². The molecule has 6 heteroatoms. The Balaban J connectivity index is 1.98. The molecular weight excluding hydrogens is 289 g/mol. The minimum atomic E-state index is -0.291. The zero-order valence-corrected chi connectivity index (χ0v) is 12.2. The predicted octanol–water partition coefficient (Wildman–Crippen LogP) is 3.32. The van der Waals surface area contributed by atoms with E-state index in [-0.39, 0.29) is 12.4 Å². The Labute approximate surface area is 125 Å². The van der Waals surface area contributed by atoms with E-state index in [4.69, 9.17) is 10.5 Å². The van der Waals surface area contributed by atoms with Gasteiger partial charge in [-0.1, -0.05) is 12.1 Å². The fourth-order valence-corrected chi connectivity index (χ4v) is 3.01. The van der Waals surface area contributed by atoms with Crippen LogP contribution in [0.3, 0.4) is 0 Å². The van der Waals surface area contributed by atoms with Gasteiger partial charge >= 0.3 is 0 Å². The fourth-order valence-electron chi connectivity index (χ4n) is 2.07. The highest BCUT2D eigenvalue weighted by Crippen LogP contribution is 2.32. The molecule has 108 valence electrons. The number of aromatic amines is 1. The van der Waals surface area contributed by atoms with Crippen molar-refractivity contribution in [2.45, 2.75) is 16.6 Å². The highest BCUT2D eigenvalue weighted by Gasteiger charge is 2.12. The van der Waals surface area contributed by atoms with Gasteiger partial charge in [0.15, 0.2) is 5.16 Å². The van der Waals surface area contributed by atoms with E-state index in [1.807, 2.05) is 24.3 Å². The minimum absolute atomic E-state index is 0.286. The zero-order valence-electron chi connectivity index (χ0n) is 11.4. The second kappa shape index (κ2) is 5.75. The summed E-state index contributed by atoms with van der Waals surface area (Å²) in [6.07, 6.45) is 0. The molecule has 0 aliphatic heterocycles. The summed E-state index contributed by atoms with van der Waals surface area (Å²) in [5.41, 5.74) is 8.08. The number of nitrogens with zero attached hydrogens (tertiary/aromatic N) is 1. The van der Waals surface area contributed by atoms with Gasteiger partial charge < -0.3 is 15.5 Å². The zero-order chi connectivity index (χ0) is 14.8. The van der Waals surface area contributed by atoms with Crippen LogP contribution in [0, 0.1) is 5.82 Å². The van der Waals surface area contributed by atoms with E-state index in [2.05, 4.69) is 9.97 Å². The number of fused-ring (bicyclic) bond motifs is 1. The van der Waals surface area contributed by atoms with E-state index in [9.17, 15) is 4.39 Å². The van der Waals surface area contributed by atoms with E-state index in [1.54, 1.807) is 13.2 Å². The lowest BCUT2D eigenvalue weighted by Crippen LogP contribution is -2.00. The lowest BCUT2D eigenvalue weighted by atomic mass is 10.2. The van der Waals surface area contributed by atoms with Gasteiger partial charge in [0.2, 0.25) is 0 Å². The number of H-pyrrole nitrogens is 1. The molecule has 3 aromatic rings. The Hall–Kier alpha value is -2.05. The van der Waals surface area contributed by atoms with Gasteiger partial charge in [-0.25, -0.2) is 9.37 Å². The maximum absolute atomic E-state index is 14.0. The van der Waals surface area contributed by atoms with Crippen LogP contribution in [0.25, 0.3) is 11.0 Å². The standard InChI is InChI=1S/C15H14FN3OS/c1-20-10-5-6-12-13(7-10)19-15(18-12)21-14-9(8-17)3-2-4-11(14)16/h2-7H,8,17H2,1H3,(H,18,19). The van der Waals surface area contributed by atoms with Crippen LogP contribution < -0.4 is 10.5 Å². The first-order valence-corrected chi connectivity index (χ1v) is 7.22. The monoisotopic (exact) mass is 303 g/mol. The molecule has 21 heavy (non-hydrogen) atoms. The minimum Gasteiger partial charge on any atom is -0.497 e. The number of aromatic nitrogens is 2. The highest BCUT2D eigenvalue weighted by atomic mass is 32.2. The molecule has 0 saturated carbocycles. The molecule has 0 atom stereocenters. The second-order valence-corrected chi connectivity index (χ2v) is 5.46. The molecule has 3 N–H and O–H groups in total. The smallest absolute Gasteiger partial charge is 0.171 e. The molecule has 0 amide bonds. The van der Waals surface area contributed by atoms with Crippen molar-refractivity contribution in [3.8, 4) is 5.75 Å². The summed E-state index contributed by atoms with van der Waals surface area (Å²) in [5, 5.41) is 0.623. The van der Waals surface area contributed by atoms with Crippen molar-refractivity contribution < 1.29 is 9.13 Å². The third kappa shape index (κ3) is 2.72. The third-order valence-electron chi connectivity index (χ3n) is 3.13. The van der Waals surface area contributed by atoms with Gasteiger partial charge in [-0.3, -0.25) is 0 Å². The molecule has 0 unspecified atom stereocenters. The largest absolute Gasteiger partial charge is 0.497 e. The van der Waals surface area contributed by atoms with Gasteiger partial charge in [0.05, 0.1) is 23.0 Å². The predicted molar refractivity (Wildman–Crippen MR) is 81.1 cm³/mol. The SMILES string of the molecule is COc1ccc2nc(Sc3c(F)cccc3CN)[nH]c2c1. The number of ether oxygens (including phenoxy) is 1. The molecule has 0 saturated heterocycles. The van der Waals surface area contributed by atoms with E-state index >= 15 is 0 Å². The number of halogens is 1. The Morgan fingerprint density at radius 2 is 2.19 bits per heavy atom. The molecule has 4 nitrogen and oxygen atoms in total. The van der Waals surface area contributed by atoms with Crippen molar-refractivity contribution in [1.29, 1.82) is 0 Å². The molecule has 2 aromatic carbocycles. The van der Waals surface area contributed by atoms with Crippen LogP contribution in [0.1, 0.15) is 5.56 Å². The number of imidazole rings is 1. The van der Waals surface area contributed by atoms with Crippen molar-refractivity contribution in [1.82, 2.24) is 9.97 Å². The number of methoxy groups -OCH3 is 1. The van der Waals surface area contributed by atoms with Crippen molar-refractivity contribution >= 4 is 22.8 Å². The Kier molecular flexibility index (Phi) is 3.81. The Bertz CT molecular complexity index is 788. The average Bonchev–Trinajstić information content (AvgIpc) is 2.90. The van der Waals surface area contributed by atoms with Crippen LogP contribution >= 0.6 is 11.8 Å². The average molecular weight is 303 g/mol. The molecule has 0 spiro atoms. The summed E-state index contributed by atoms with van der Waals surface area (Å²) in [6.45, 7) is 0.286. The first-order valence-electron chi connectivity index (χ1n) is 6.40. The fraction of sp³-hybridized carbons (Fsp3) is 0.133. The second-order valence-electron chi connectivity index (χ2n) is 4.46. The molecule has 0 aliphatic carbocycles. The maximum Gasteiger partial charge on any atom is 0.171 e. The van der Waals surface area contributed by atoms with Crippen LogP contribution in [0.5, 0.6) is 5.75 Å². The molecule has 0 fully saturated rings. The van der Waals surface area contributed by atoms with Crippen LogP contribution in [-0.4, -0.2) is 17.1 Å². The quantitative estimate of drug-likeness (QED) is 0.776. The van der Waals surface area contributed by atoms with Gasteiger partial charge in [-0.05, 0) is 35.5 Å². The lowest BCUT2D eigenvalue weighted by Gasteiger charge is -2.06. The Morgan fingerprint density at radius 3 is 2.95 bits per heavy atom. The molecule has 0 radical (unpaired) electrons. The summed E-state index contributed by atoms with van der Waals surface area (Å²) in [5.74, 6) is 0.456. The number of benzene rings is 2.